The second-order valence-electron chi connectivity index (χ2n) is 12.7. The Morgan fingerprint density at radius 1 is 0.585 bits per heavy atom. The summed E-state index contributed by atoms with van der Waals surface area (Å²) in [6.07, 6.45) is 47.3. The van der Waals surface area contributed by atoms with Crippen LogP contribution >= 0.6 is 7.82 Å². The van der Waals surface area contributed by atoms with Crippen LogP contribution in [0.2, 0.25) is 0 Å². The Hall–Kier alpha value is -3.07. The number of rotatable bonds is 34. The lowest BCUT2D eigenvalue weighted by Crippen LogP contribution is -2.29. The number of hydrogen-bond acceptors (Lipinski definition) is 7. The Balaban J connectivity index is 4.27. The van der Waals surface area contributed by atoms with Gasteiger partial charge in [0.25, 0.3) is 0 Å². The quantitative estimate of drug-likeness (QED) is 0.0192. The normalized spacial score (nSPS) is 14.1. The summed E-state index contributed by atoms with van der Waals surface area (Å²) in [5.74, 6) is -1.09. The molecule has 0 heterocycles. The monoisotopic (exact) mass is 760 g/mol. The van der Waals surface area contributed by atoms with Crippen LogP contribution in [0.1, 0.15) is 136 Å². The maximum atomic E-state index is 12.4. The van der Waals surface area contributed by atoms with E-state index in [0.29, 0.717) is 32.1 Å². The molecule has 0 amide bonds. The molecule has 0 aliphatic rings. The van der Waals surface area contributed by atoms with E-state index >= 15 is 0 Å². The highest BCUT2D eigenvalue weighted by atomic mass is 31.2. The van der Waals surface area contributed by atoms with E-state index in [1.807, 2.05) is 30.4 Å². The van der Waals surface area contributed by atoms with Crippen molar-refractivity contribution in [1.82, 2.24) is 0 Å². The van der Waals surface area contributed by atoms with Crippen LogP contribution in [0.3, 0.4) is 0 Å². The summed E-state index contributed by atoms with van der Waals surface area (Å²) in [4.78, 5) is 42.7. The van der Waals surface area contributed by atoms with Gasteiger partial charge in [0.05, 0.1) is 12.7 Å². The Morgan fingerprint density at radius 2 is 1.06 bits per heavy atom. The summed E-state index contributed by atoms with van der Waals surface area (Å²) in [6, 6.07) is 0. The molecule has 0 aromatic rings. The number of aliphatic hydroxyl groups excluding tert-OH is 1. The van der Waals surface area contributed by atoms with Crippen LogP contribution in [-0.4, -0.2) is 52.3 Å². The number of carbonyl (C=O) groups is 2. The fourth-order valence-corrected chi connectivity index (χ4v) is 5.03. The van der Waals surface area contributed by atoms with Gasteiger partial charge in [-0.1, -0.05) is 137 Å². The van der Waals surface area contributed by atoms with E-state index in [4.69, 9.17) is 19.3 Å². The van der Waals surface area contributed by atoms with E-state index in [1.54, 1.807) is 18.2 Å². The SMILES string of the molecule is CCCCC/C=C\C/C=C\C/C=C\C/C=C\CCCC(=O)OC[C@H](COP(=O)(O)O)OC(=O)CCC/C=C/C=C\C(O)C/C=C\C/C=C\CCCCC. The zero-order chi connectivity index (χ0) is 39.1. The van der Waals surface area contributed by atoms with E-state index in [2.05, 4.69) is 67.0 Å². The van der Waals surface area contributed by atoms with Gasteiger partial charge in [0.2, 0.25) is 0 Å². The second-order valence-corrected chi connectivity index (χ2v) is 14.0. The van der Waals surface area contributed by atoms with Gasteiger partial charge < -0.3 is 24.4 Å². The largest absolute Gasteiger partial charge is 0.469 e. The van der Waals surface area contributed by atoms with E-state index in [9.17, 15) is 19.3 Å². The van der Waals surface area contributed by atoms with Crippen LogP contribution in [0, 0.1) is 0 Å². The van der Waals surface area contributed by atoms with Gasteiger partial charge in [0, 0.05) is 12.8 Å². The molecule has 0 aliphatic carbocycles. The third-order valence-electron chi connectivity index (χ3n) is 7.66. The molecule has 1 unspecified atom stereocenters. The first-order valence-corrected chi connectivity index (χ1v) is 21.2. The number of allylic oxidation sites excluding steroid dienone is 14. The van der Waals surface area contributed by atoms with Gasteiger partial charge in [-0.3, -0.25) is 14.1 Å². The highest BCUT2D eigenvalue weighted by Gasteiger charge is 2.22. The fraction of sp³-hybridized carbons (Fsp3) is 0.581. The molecule has 0 aromatic carbocycles. The van der Waals surface area contributed by atoms with Gasteiger partial charge in [-0.25, -0.2) is 4.57 Å². The molecule has 9 nitrogen and oxygen atoms in total. The standard InChI is InChI=1S/C43H69O9P/c1-3-5-7-9-11-13-14-15-16-17-18-19-20-22-24-28-32-36-42(45)50-38-41(39-51-53(47,48)49)52-43(46)37-33-29-25-27-31-35-40(44)34-30-26-23-21-12-10-8-6-4-2/h11-13,15-16,18-19,21-22,24-27,30-31,35,40-41,44H,3-10,14,17,20,23,28-29,32-34,36-39H2,1-2H3,(H2,47,48,49)/b13-11-,16-15-,19-18-,21-12-,24-22-,27-25+,30-26-,35-31-/t40?,41-/m1/s1. The Morgan fingerprint density at radius 3 is 1.58 bits per heavy atom. The van der Waals surface area contributed by atoms with Gasteiger partial charge in [-0.05, 0) is 83.5 Å². The van der Waals surface area contributed by atoms with E-state index in [-0.39, 0.29) is 19.4 Å². The summed E-state index contributed by atoms with van der Waals surface area (Å²) < 4.78 is 26.2. The zero-order valence-corrected chi connectivity index (χ0v) is 33.4. The van der Waals surface area contributed by atoms with Crippen LogP contribution in [0.25, 0.3) is 0 Å². The number of ether oxygens (including phenoxy) is 2. The van der Waals surface area contributed by atoms with Gasteiger partial charge in [-0.2, -0.15) is 0 Å². The van der Waals surface area contributed by atoms with Crippen molar-refractivity contribution in [1.29, 1.82) is 0 Å². The minimum absolute atomic E-state index is 0.0595. The number of carbonyl (C=O) groups excluding carboxylic acids is 2. The maximum Gasteiger partial charge on any atom is 0.469 e. The molecule has 300 valence electrons. The van der Waals surface area contributed by atoms with E-state index < -0.39 is 38.6 Å². The van der Waals surface area contributed by atoms with Gasteiger partial charge in [-0.15, -0.1) is 0 Å². The lowest BCUT2D eigenvalue weighted by Gasteiger charge is -2.18. The summed E-state index contributed by atoms with van der Waals surface area (Å²) in [5, 5.41) is 10.1. The Kier molecular flexibility index (Phi) is 35.1. The van der Waals surface area contributed by atoms with Gasteiger partial charge in [0.1, 0.15) is 6.61 Å². The Bertz CT molecular complexity index is 1190. The lowest BCUT2D eigenvalue weighted by molar-refractivity contribution is -0.161. The topological polar surface area (TPSA) is 140 Å². The predicted molar refractivity (Wildman–Crippen MR) is 217 cm³/mol. The first-order chi connectivity index (χ1) is 25.7. The van der Waals surface area contributed by atoms with Crippen LogP contribution in [0.5, 0.6) is 0 Å². The number of esters is 2. The molecular weight excluding hydrogens is 691 g/mol. The molecule has 2 atom stereocenters. The highest BCUT2D eigenvalue weighted by Crippen LogP contribution is 2.35. The number of unbranched alkanes of at least 4 members (excludes halogenated alkanes) is 8. The van der Waals surface area contributed by atoms with E-state index in [0.717, 1.165) is 38.5 Å². The second kappa shape index (κ2) is 37.3. The molecule has 3 N–H and O–H groups in total. The first kappa shape index (κ1) is 49.9. The third kappa shape index (κ3) is 40.0. The number of hydrogen-bond donors (Lipinski definition) is 3. The number of aliphatic hydroxyl groups is 1. The summed E-state index contributed by atoms with van der Waals surface area (Å²) in [6.45, 7) is 3.43. The molecule has 0 aromatic heterocycles. The minimum Gasteiger partial charge on any atom is -0.462 e. The molecule has 10 heteroatoms. The molecule has 0 bridgehead atoms. The van der Waals surface area contributed by atoms with Crippen molar-refractivity contribution >= 4 is 19.8 Å². The van der Waals surface area contributed by atoms with Crippen LogP contribution < -0.4 is 0 Å². The molecule has 0 radical (unpaired) electrons. The average Bonchev–Trinajstić information content (AvgIpc) is 3.12. The average molecular weight is 761 g/mol. The molecular formula is C43H69O9P. The first-order valence-electron chi connectivity index (χ1n) is 19.6. The molecule has 0 saturated heterocycles. The smallest absolute Gasteiger partial charge is 0.462 e. The predicted octanol–water partition coefficient (Wildman–Crippen LogP) is 10.8. The van der Waals surface area contributed by atoms with Crippen molar-refractivity contribution in [2.45, 2.75) is 148 Å². The van der Waals surface area contributed by atoms with E-state index in [1.165, 1.54) is 38.5 Å². The van der Waals surface area contributed by atoms with Crippen LogP contribution in [0.15, 0.2) is 97.2 Å². The number of phosphoric ester groups is 1. The van der Waals surface area contributed by atoms with Crippen molar-refractivity contribution in [2.75, 3.05) is 13.2 Å². The van der Waals surface area contributed by atoms with Crippen molar-refractivity contribution in [2.24, 2.45) is 0 Å². The van der Waals surface area contributed by atoms with Crippen molar-refractivity contribution in [3.8, 4) is 0 Å². The van der Waals surface area contributed by atoms with Gasteiger partial charge in [0.15, 0.2) is 6.10 Å². The Labute approximate surface area is 320 Å². The highest BCUT2D eigenvalue weighted by molar-refractivity contribution is 7.46. The van der Waals surface area contributed by atoms with Gasteiger partial charge >= 0.3 is 19.8 Å². The van der Waals surface area contributed by atoms with Crippen LogP contribution in [0.4, 0.5) is 0 Å². The summed E-state index contributed by atoms with van der Waals surface area (Å²) in [5.41, 5.74) is 0. The third-order valence-corrected chi connectivity index (χ3v) is 8.14. The van der Waals surface area contributed by atoms with Crippen molar-refractivity contribution < 1.29 is 43.0 Å². The maximum absolute atomic E-state index is 12.4. The summed E-state index contributed by atoms with van der Waals surface area (Å²) in [7, 11) is -4.81. The molecule has 0 saturated carbocycles. The van der Waals surface area contributed by atoms with Crippen molar-refractivity contribution in [3.05, 3.63) is 97.2 Å². The molecule has 0 fully saturated rings. The van der Waals surface area contributed by atoms with Crippen LogP contribution in [-0.2, 0) is 28.2 Å². The van der Waals surface area contributed by atoms with Crippen molar-refractivity contribution in [3.63, 3.8) is 0 Å². The molecule has 0 aliphatic heterocycles. The number of phosphoric acid groups is 1. The molecule has 0 spiro atoms. The molecule has 53 heavy (non-hydrogen) atoms. The lowest BCUT2D eigenvalue weighted by atomic mass is 10.2. The summed E-state index contributed by atoms with van der Waals surface area (Å²) >= 11 is 0. The fourth-order valence-electron chi connectivity index (χ4n) is 4.67. The minimum atomic E-state index is -4.81. The molecule has 0 rings (SSSR count). The zero-order valence-electron chi connectivity index (χ0n) is 32.5.